The number of thiophene rings is 1. The monoisotopic (exact) mass is 488 g/mol. The van der Waals surface area contributed by atoms with E-state index in [-0.39, 0.29) is 5.97 Å². The van der Waals surface area contributed by atoms with Crippen molar-refractivity contribution >= 4 is 61.3 Å². The largest absolute Gasteiger partial charge is 0.462 e. The summed E-state index contributed by atoms with van der Waals surface area (Å²) in [4.78, 5) is 13.8. The van der Waals surface area contributed by atoms with Crippen LogP contribution in [-0.4, -0.2) is 17.7 Å². The van der Waals surface area contributed by atoms with Crippen LogP contribution < -0.4 is 10.6 Å². The van der Waals surface area contributed by atoms with Crippen molar-refractivity contribution in [2.75, 3.05) is 17.2 Å². The molecule has 7 heteroatoms. The summed E-state index contributed by atoms with van der Waals surface area (Å²) in [6, 6.07) is 15.8. The Morgan fingerprint density at radius 2 is 1.86 bits per heavy atom. The van der Waals surface area contributed by atoms with Crippen molar-refractivity contribution in [1.82, 2.24) is 0 Å². The highest BCUT2D eigenvalue weighted by molar-refractivity contribution is 9.10. The summed E-state index contributed by atoms with van der Waals surface area (Å²) in [6.45, 7) is 6.12. The number of anilines is 2. The third kappa shape index (κ3) is 5.04. The van der Waals surface area contributed by atoms with Crippen molar-refractivity contribution in [2.45, 2.75) is 20.8 Å². The van der Waals surface area contributed by atoms with Crippen LogP contribution in [0.25, 0.3) is 11.1 Å². The van der Waals surface area contributed by atoms with Gasteiger partial charge in [0.15, 0.2) is 5.11 Å². The summed E-state index contributed by atoms with van der Waals surface area (Å²) in [5.74, 6) is -0.363. The third-order valence-corrected chi connectivity index (χ3v) is 6.11. The zero-order chi connectivity index (χ0) is 21.0. The number of hydrogen-bond donors (Lipinski definition) is 2. The van der Waals surface area contributed by atoms with Gasteiger partial charge < -0.3 is 15.4 Å². The van der Waals surface area contributed by atoms with Crippen LogP contribution in [0.15, 0.2) is 53.0 Å². The highest BCUT2D eigenvalue weighted by Gasteiger charge is 2.25. The van der Waals surface area contributed by atoms with Crippen LogP contribution >= 0.6 is 39.5 Å². The van der Waals surface area contributed by atoms with Gasteiger partial charge in [-0.2, -0.15) is 0 Å². The normalized spacial score (nSPS) is 10.5. The SMILES string of the molecule is CCOC(=O)c1c(NC(=S)Nc2ccc(C)cc2Br)sc(C)c1-c1ccccc1. The summed E-state index contributed by atoms with van der Waals surface area (Å²) in [5.41, 5.74) is 4.34. The molecule has 1 heterocycles. The van der Waals surface area contributed by atoms with E-state index in [9.17, 15) is 4.79 Å². The Bertz CT molecular complexity index is 1050. The van der Waals surface area contributed by atoms with E-state index in [0.717, 1.165) is 31.7 Å². The number of aryl methyl sites for hydroxylation is 2. The fourth-order valence-corrected chi connectivity index (χ4v) is 4.90. The molecule has 0 saturated heterocycles. The van der Waals surface area contributed by atoms with Gasteiger partial charge in [0, 0.05) is 14.9 Å². The van der Waals surface area contributed by atoms with Crippen molar-refractivity contribution in [3.63, 3.8) is 0 Å². The number of esters is 1. The van der Waals surface area contributed by atoms with Gasteiger partial charge >= 0.3 is 5.97 Å². The van der Waals surface area contributed by atoms with Crippen LogP contribution in [0, 0.1) is 13.8 Å². The Hall–Kier alpha value is -2.22. The maximum atomic E-state index is 12.8. The molecule has 0 amide bonds. The smallest absolute Gasteiger partial charge is 0.341 e. The molecule has 3 aromatic rings. The predicted octanol–water partition coefficient (Wildman–Crippen LogP) is 6.78. The molecule has 1 aromatic heterocycles. The van der Waals surface area contributed by atoms with Gasteiger partial charge in [-0.15, -0.1) is 11.3 Å². The van der Waals surface area contributed by atoms with Crippen molar-refractivity contribution in [3.8, 4) is 11.1 Å². The average Bonchev–Trinajstić information content (AvgIpc) is 3.00. The Morgan fingerprint density at radius 1 is 1.14 bits per heavy atom. The lowest BCUT2D eigenvalue weighted by atomic mass is 10.0. The second-order valence-corrected chi connectivity index (χ2v) is 8.87. The number of nitrogens with one attached hydrogen (secondary N) is 2. The number of carbonyl (C=O) groups is 1. The van der Waals surface area contributed by atoms with Gasteiger partial charge in [0.25, 0.3) is 0 Å². The van der Waals surface area contributed by atoms with Gasteiger partial charge in [-0.05, 0) is 72.2 Å². The molecule has 29 heavy (non-hydrogen) atoms. The number of benzene rings is 2. The molecule has 0 aliphatic carbocycles. The Balaban J connectivity index is 1.94. The molecule has 0 fully saturated rings. The zero-order valence-electron chi connectivity index (χ0n) is 16.3. The molecule has 2 N–H and O–H groups in total. The number of halogens is 1. The molecular weight excluding hydrogens is 468 g/mol. The van der Waals surface area contributed by atoms with E-state index in [1.165, 1.54) is 11.3 Å². The minimum absolute atomic E-state index is 0.306. The Labute approximate surface area is 188 Å². The molecule has 0 bridgehead atoms. The Morgan fingerprint density at radius 3 is 2.52 bits per heavy atom. The molecule has 0 unspecified atom stereocenters. The summed E-state index contributed by atoms with van der Waals surface area (Å²) in [7, 11) is 0. The first kappa shape index (κ1) is 21.5. The first-order chi connectivity index (χ1) is 13.9. The highest BCUT2D eigenvalue weighted by atomic mass is 79.9. The van der Waals surface area contributed by atoms with E-state index in [1.54, 1.807) is 6.92 Å². The zero-order valence-corrected chi connectivity index (χ0v) is 19.6. The van der Waals surface area contributed by atoms with E-state index < -0.39 is 0 Å². The fourth-order valence-electron chi connectivity index (χ4n) is 2.96. The molecule has 0 atom stereocenters. The van der Waals surface area contributed by atoms with Crippen LogP contribution in [0.3, 0.4) is 0 Å². The first-order valence-corrected chi connectivity index (χ1v) is 11.1. The number of thiocarbonyl (C=S) groups is 1. The molecule has 0 aliphatic rings. The maximum Gasteiger partial charge on any atom is 0.341 e. The summed E-state index contributed by atoms with van der Waals surface area (Å²) < 4.78 is 6.25. The highest BCUT2D eigenvalue weighted by Crippen LogP contribution is 2.40. The molecule has 0 spiro atoms. The standard InChI is InChI=1S/C22H21BrN2O2S2/c1-4-27-21(26)19-18(15-8-6-5-7-9-15)14(3)29-20(19)25-22(28)24-17-11-10-13(2)12-16(17)23/h5-12H,4H2,1-3H3,(H2,24,25,28). The Kier molecular flexibility index (Phi) is 7.05. The van der Waals surface area contributed by atoms with Crippen LogP contribution in [0.5, 0.6) is 0 Å². The van der Waals surface area contributed by atoms with Crippen molar-refractivity contribution < 1.29 is 9.53 Å². The van der Waals surface area contributed by atoms with Gasteiger partial charge in [-0.3, -0.25) is 0 Å². The third-order valence-electron chi connectivity index (χ3n) is 4.23. The van der Waals surface area contributed by atoms with Crippen LogP contribution in [-0.2, 0) is 4.74 Å². The average molecular weight is 489 g/mol. The van der Waals surface area contributed by atoms with E-state index in [4.69, 9.17) is 17.0 Å². The van der Waals surface area contributed by atoms with Gasteiger partial charge in [-0.25, -0.2) is 4.79 Å². The summed E-state index contributed by atoms with van der Waals surface area (Å²) in [5, 5.41) is 7.44. The molecule has 4 nitrogen and oxygen atoms in total. The summed E-state index contributed by atoms with van der Waals surface area (Å²) in [6.07, 6.45) is 0. The molecule has 0 saturated carbocycles. The van der Waals surface area contributed by atoms with E-state index in [2.05, 4.69) is 26.6 Å². The number of ether oxygens (including phenoxy) is 1. The predicted molar refractivity (Wildman–Crippen MR) is 129 cm³/mol. The second kappa shape index (κ2) is 9.52. The van der Waals surface area contributed by atoms with Gasteiger partial charge in [-0.1, -0.05) is 36.4 Å². The minimum Gasteiger partial charge on any atom is -0.462 e. The van der Waals surface area contributed by atoms with Gasteiger partial charge in [0.05, 0.1) is 12.3 Å². The maximum absolute atomic E-state index is 12.8. The molecule has 0 radical (unpaired) electrons. The quantitative estimate of drug-likeness (QED) is 0.306. The van der Waals surface area contributed by atoms with Crippen molar-refractivity contribution in [2.24, 2.45) is 0 Å². The van der Waals surface area contributed by atoms with Gasteiger partial charge in [0.2, 0.25) is 0 Å². The van der Waals surface area contributed by atoms with Crippen molar-refractivity contribution in [1.29, 1.82) is 0 Å². The van der Waals surface area contributed by atoms with Crippen LogP contribution in [0.2, 0.25) is 0 Å². The molecular formula is C22H21BrN2O2S2. The molecule has 3 rings (SSSR count). The lowest BCUT2D eigenvalue weighted by molar-refractivity contribution is 0.0529. The van der Waals surface area contributed by atoms with E-state index in [1.807, 2.05) is 62.4 Å². The lowest BCUT2D eigenvalue weighted by Crippen LogP contribution is -2.20. The number of hydrogen-bond acceptors (Lipinski definition) is 4. The number of carbonyl (C=O) groups excluding carboxylic acids is 1. The lowest BCUT2D eigenvalue weighted by Gasteiger charge is -2.13. The van der Waals surface area contributed by atoms with E-state index >= 15 is 0 Å². The van der Waals surface area contributed by atoms with Crippen molar-refractivity contribution in [3.05, 3.63) is 69.0 Å². The van der Waals surface area contributed by atoms with Crippen LogP contribution in [0.1, 0.15) is 27.7 Å². The first-order valence-electron chi connectivity index (χ1n) is 9.10. The molecule has 0 aliphatic heterocycles. The fraction of sp³-hybridized carbons (Fsp3) is 0.182. The van der Waals surface area contributed by atoms with E-state index in [0.29, 0.717) is 22.3 Å². The summed E-state index contributed by atoms with van der Waals surface area (Å²) >= 11 is 10.5. The van der Waals surface area contributed by atoms with Gasteiger partial charge in [0.1, 0.15) is 10.6 Å². The second-order valence-electron chi connectivity index (χ2n) is 6.39. The minimum atomic E-state index is -0.363. The molecule has 150 valence electrons. The number of rotatable bonds is 5. The van der Waals surface area contributed by atoms with Crippen LogP contribution in [0.4, 0.5) is 10.7 Å². The topological polar surface area (TPSA) is 50.4 Å². The molecule has 2 aromatic carbocycles.